The van der Waals surface area contributed by atoms with E-state index in [4.69, 9.17) is 14.6 Å². The monoisotopic (exact) mass is 318 g/mol. The Morgan fingerprint density at radius 3 is 2.17 bits per heavy atom. The smallest absolute Gasteiger partial charge is 0.332 e. The van der Waals surface area contributed by atoms with E-state index in [2.05, 4.69) is 24.3 Å². The summed E-state index contributed by atoms with van der Waals surface area (Å²) in [6.45, 7) is 1.90. The van der Waals surface area contributed by atoms with E-state index in [0.717, 1.165) is 24.8 Å². The van der Waals surface area contributed by atoms with Crippen LogP contribution in [0.4, 0.5) is 0 Å². The molecule has 23 heavy (non-hydrogen) atoms. The van der Waals surface area contributed by atoms with Gasteiger partial charge in [0.25, 0.3) is 0 Å². The Morgan fingerprint density at radius 1 is 1.13 bits per heavy atom. The fraction of sp³-hybridized carbons (Fsp3) is 0.632. The summed E-state index contributed by atoms with van der Waals surface area (Å²) in [6, 6.07) is 8.56. The lowest BCUT2D eigenvalue weighted by atomic mass is 9.56. The molecule has 3 saturated carbocycles. The predicted octanol–water partition coefficient (Wildman–Crippen LogP) is 3.67. The molecule has 0 aliphatic heterocycles. The highest BCUT2D eigenvalue weighted by molar-refractivity contribution is 5.71. The molecule has 1 aromatic rings. The Bertz CT molecular complexity index is 539. The first-order valence-corrected chi connectivity index (χ1v) is 8.48. The SMILES string of the molecule is COC12CCC(c3ccc(COC(C)C(=O)O)cc3)(CC1)CC2. The molecule has 1 atom stereocenters. The summed E-state index contributed by atoms with van der Waals surface area (Å²) < 4.78 is 11.1. The van der Waals surface area contributed by atoms with Gasteiger partial charge in [-0.1, -0.05) is 24.3 Å². The van der Waals surface area contributed by atoms with E-state index in [1.54, 1.807) is 6.92 Å². The lowest BCUT2D eigenvalue weighted by Gasteiger charge is -2.53. The minimum atomic E-state index is -0.924. The summed E-state index contributed by atoms with van der Waals surface area (Å²) in [5, 5.41) is 8.85. The van der Waals surface area contributed by atoms with Gasteiger partial charge in [-0.2, -0.15) is 0 Å². The van der Waals surface area contributed by atoms with E-state index in [1.807, 2.05) is 7.11 Å². The Hall–Kier alpha value is -1.39. The van der Waals surface area contributed by atoms with Crippen molar-refractivity contribution in [3.8, 4) is 0 Å². The molecule has 126 valence electrons. The first kappa shape index (κ1) is 16.5. The van der Waals surface area contributed by atoms with Crippen LogP contribution in [0.25, 0.3) is 0 Å². The van der Waals surface area contributed by atoms with E-state index < -0.39 is 12.1 Å². The molecule has 0 spiro atoms. The Kier molecular flexibility index (Phi) is 4.47. The van der Waals surface area contributed by atoms with Crippen LogP contribution in [0.3, 0.4) is 0 Å². The van der Waals surface area contributed by atoms with Gasteiger partial charge in [0.15, 0.2) is 6.10 Å². The normalized spacial score (nSPS) is 31.0. The third-order valence-electron chi connectivity index (χ3n) is 6.02. The summed E-state index contributed by atoms with van der Waals surface area (Å²) >= 11 is 0. The molecule has 1 aromatic carbocycles. The highest BCUT2D eigenvalue weighted by atomic mass is 16.5. The van der Waals surface area contributed by atoms with Crippen LogP contribution in [-0.4, -0.2) is 29.9 Å². The van der Waals surface area contributed by atoms with Crippen LogP contribution in [0.15, 0.2) is 24.3 Å². The van der Waals surface area contributed by atoms with Crippen LogP contribution in [0.5, 0.6) is 0 Å². The third kappa shape index (κ3) is 3.15. The molecule has 0 aromatic heterocycles. The number of carboxylic acid groups (broad SMARTS) is 1. The Labute approximate surface area is 137 Å². The van der Waals surface area contributed by atoms with Crippen molar-refractivity contribution >= 4 is 5.97 Å². The van der Waals surface area contributed by atoms with Crippen molar-refractivity contribution in [2.24, 2.45) is 0 Å². The number of ether oxygens (including phenoxy) is 2. The molecule has 0 saturated heterocycles. The van der Waals surface area contributed by atoms with E-state index in [9.17, 15) is 4.79 Å². The maximum atomic E-state index is 10.8. The van der Waals surface area contributed by atoms with Crippen LogP contribution in [0.2, 0.25) is 0 Å². The minimum absolute atomic E-state index is 0.141. The molecule has 0 heterocycles. The molecule has 1 unspecified atom stereocenters. The average molecular weight is 318 g/mol. The van der Waals surface area contributed by atoms with Gasteiger partial charge >= 0.3 is 5.97 Å². The van der Waals surface area contributed by atoms with Gasteiger partial charge < -0.3 is 14.6 Å². The maximum Gasteiger partial charge on any atom is 0.332 e. The second-order valence-electron chi connectivity index (χ2n) is 7.16. The van der Waals surface area contributed by atoms with Crippen LogP contribution < -0.4 is 0 Å². The lowest BCUT2D eigenvalue weighted by Crippen LogP contribution is -2.49. The van der Waals surface area contributed by atoms with E-state index in [-0.39, 0.29) is 5.60 Å². The molecular formula is C19H26O4. The number of benzene rings is 1. The summed E-state index contributed by atoms with van der Waals surface area (Å²) in [7, 11) is 1.85. The quantitative estimate of drug-likeness (QED) is 0.869. The number of hydrogen-bond acceptors (Lipinski definition) is 3. The summed E-state index contributed by atoms with van der Waals surface area (Å²) in [5.74, 6) is -0.924. The zero-order valence-electron chi connectivity index (χ0n) is 14.0. The van der Waals surface area contributed by atoms with Gasteiger partial charge in [-0.05, 0) is 62.0 Å². The highest BCUT2D eigenvalue weighted by Gasteiger charge is 2.49. The maximum absolute atomic E-state index is 10.8. The topological polar surface area (TPSA) is 55.8 Å². The number of rotatable bonds is 6. The molecule has 2 bridgehead atoms. The van der Waals surface area contributed by atoms with Gasteiger partial charge in [0.2, 0.25) is 0 Å². The standard InChI is InChI=1S/C19H26O4/c1-14(17(20)21)23-13-15-3-5-16(6-4-15)18-7-10-19(22-2,11-8-18)12-9-18/h3-6,14H,7-13H2,1-2H3,(H,20,21). The Balaban J connectivity index is 1.65. The first-order chi connectivity index (χ1) is 11.0. The van der Waals surface area contributed by atoms with Gasteiger partial charge in [-0.15, -0.1) is 0 Å². The van der Waals surface area contributed by atoms with Crippen molar-refractivity contribution in [1.82, 2.24) is 0 Å². The zero-order valence-corrected chi connectivity index (χ0v) is 14.0. The van der Waals surface area contributed by atoms with Crippen LogP contribution in [-0.2, 0) is 26.3 Å². The molecule has 4 rings (SSSR count). The van der Waals surface area contributed by atoms with Gasteiger partial charge in [0, 0.05) is 7.11 Å². The third-order valence-corrected chi connectivity index (χ3v) is 6.02. The van der Waals surface area contributed by atoms with Crippen LogP contribution in [0, 0.1) is 0 Å². The van der Waals surface area contributed by atoms with Crippen molar-refractivity contribution < 1.29 is 19.4 Å². The average Bonchev–Trinajstić information content (AvgIpc) is 2.61. The molecule has 3 aliphatic rings. The summed E-state index contributed by atoms with van der Waals surface area (Å²) in [5.41, 5.74) is 2.89. The van der Waals surface area contributed by atoms with E-state index >= 15 is 0 Å². The second-order valence-corrected chi connectivity index (χ2v) is 7.16. The molecule has 0 radical (unpaired) electrons. The number of hydrogen-bond donors (Lipinski definition) is 1. The molecule has 1 N–H and O–H groups in total. The zero-order chi connectivity index (χ0) is 16.5. The van der Waals surface area contributed by atoms with Crippen molar-refractivity contribution in [2.45, 2.75) is 69.2 Å². The molecule has 3 fully saturated rings. The molecule has 0 amide bonds. The fourth-order valence-electron chi connectivity index (χ4n) is 4.14. The largest absolute Gasteiger partial charge is 0.479 e. The van der Waals surface area contributed by atoms with E-state index in [0.29, 0.717) is 12.0 Å². The molecular weight excluding hydrogens is 292 g/mol. The summed E-state index contributed by atoms with van der Waals surface area (Å²) in [4.78, 5) is 10.8. The lowest BCUT2D eigenvalue weighted by molar-refractivity contribution is -0.149. The summed E-state index contributed by atoms with van der Waals surface area (Å²) in [6.07, 6.45) is 6.30. The number of carbonyl (C=O) groups is 1. The number of aliphatic carboxylic acids is 1. The highest BCUT2D eigenvalue weighted by Crippen LogP contribution is 2.54. The number of methoxy groups -OCH3 is 1. The molecule has 4 nitrogen and oxygen atoms in total. The second kappa shape index (κ2) is 6.25. The van der Waals surface area contributed by atoms with Crippen molar-refractivity contribution in [3.63, 3.8) is 0 Å². The fourth-order valence-corrected chi connectivity index (χ4v) is 4.14. The number of fused-ring (bicyclic) bond motifs is 3. The van der Waals surface area contributed by atoms with Crippen molar-refractivity contribution in [3.05, 3.63) is 35.4 Å². The van der Waals surface area contributed by atoms with Crippen LogP contribution >= 0.6 is 0 Å². The van der Waals surface area contributed by atoms with Gasteiger partial charge in [0.1, 0.15) is 0 Å². The van der Waals surface area contributed by atoms with Crippen LogP contribution in [0.1, 0.15) is 56.6 Å². The van der Waals surface area contributed by atoms with E-state index in [1.165, 1.54) is 24.8 Å². The first-order valence-electron chi connectivity index (χ1n) is 8.48. The van der Waals surface area contributed by atoms with Gasteiger partial charge in [-0.3, -0.25) is 0 Å². The minimum Gasteiger partial charge on any atom is -0.479 e. The van der Waals surface area contributed by atoms with Gasteiger partial charge in [-0.25, -0.2) is 4.79 Å². The predicted molar refractivity (Wildman–Crippen MR) is 87.4 cm³/mol. The van der Waals surface area contributed by atoms with Crippen molar-refractivity contribution in [1.29, 1.82) is 0 Å². The Morgan fingerprint density at radius 2 is 1.70 bits per heavy atom. The van der Waals surface area contributed by atoms with Gasteiger partial charge in [0.05, 0.1) is 12.2 Å². The van der Waals surface area contributed by atoms with Crippen molar-refractivity contribution in [2.75, 3.05) is 7.11 Å². The number of carboxylic acids is 1. The molecule has 4 heteroatoms. The molecule has 3 aliphatic carbocycles.